The number of aryl methyl sites for hydroxylation is 1. The van der Waals surface area contributed by atoms with Crippen molar-refractivity contribution >= 4 is 29.4 Å². The number of hydrogen-bond donors (Lipinski definition) is 1. The minimum atomic E-state index is -0.273. The first kappa shape index (κ1) is 11.8. The van der Waals surface area contributed by atoms with E-state index in [4.69, 9.17) is 0 Å². The third-order valence-corrected chi connectivity index (χ3v) is 2.67. The van der Waals surface area contributed by atoms with Gasteiger partial charge in [-0.05, 0) is 13.8 Å². The van der Waals surface area contributed by atoms with Crippen LogP contribution >= 0.6 is 12.3 Å². The van der Waals surface area contributed by atoms with Crippen LogP contribution in [0.2, 0.25) is 0 Å². The van der Waals surface area contributed by atoms with Gasteiger partial charge in [-0.2, -0.15) is 0 Å². The van der Waals surface area contributed by atoms with E-state index in [1.807, 2.05) is 6.92 Å². The molecular weight excluding hydrogens is 243 g/mol. The molecule has 90 valence electrons. The monoisotopic (exact) mass is 254 g/mol. The fraction of sp³-hybridized carbons (Fsp3) is 0.300. The lowest BCUT2D eigenvalue weighted by atomic mass is 10.3. The second-order valence-corrected chi connectivity index (χ2v) is 4.01. The highest BCUT2D eigenvalue weighted by atomic mass is 32.2. The molecule has 0 radical (unpaired) electrons. The van der Waals surface area contributed by atoms with Crippen molar-refractivity contribution in [1.82, 2.24) is 19.3 Å². The smallest absolute Gasteiger partial charge is 0.255 e. The SMILES string of the molecule is CCNC(=O)c1cn(SF)c2ncc(C)nc12. The van der Waals surface area contributed by atoms with Gasteiger partial charge < -0.3 is 5.32 Å². The number of fused-ring (bicyclic) bond motifs is 1. The molecule has 0 aliphatic heterocycles. The van der Waals surface area contributed by atoms with Gasteiger partial charge in [0.2, 0.25) is 0 Å². The van der Waals surface area contributed by atoms with E-state index in [-0.39, 0.29) is 18.2 Å². The van der Waals surface area contributed by atoms with Gasteiger partial charge in [-0.15, -0.1) is 3.89 Å². The Hall–Kier alpha value is -1.63. The second-order valence-electron chi connectivity index (χ2n) is 3.48. The molecule has 17 heavy (non-hydrogen) atoms. The number of carbonyl (C=O) groups is 1. The van der Waals surface area contributed by atoms with Gasteiger partial charge in [0.25, 0.3) is 5.91 Å². The standard InChI is InChI=1S/C10H11FN4OS/c1-3-12-10(16)7-5-15(17-11)9-8(7)14-6(2)4-13-9/h4-5H,3H2,1-2H3,(H,12,16). The van der Waals surface area contributed by atoms with Crippen molar-refractivity contribution in [3.63, 3.8) is 0 Å². The zero-order valence-corrected chi connectivity index (χ0v) is 10.2. The summed E-state index contributed by atoms with van der Waals surface area (Å²) in [7, 11) is 0. The number of halogens is 1. The van der Waals surface area contributed by atoms with E-state index < -0.39 is 0 Å². The van der Waals surface area contributed by atoms with E-state index in [0.717, 1.165) is 0 Å². The maximum absolute atomic E-state index is 12.7. The number of carbonyl (C=O) groups excluding carboxylic acids is 1. The number of amides is 1. The predicted octanol–water partition coefficient (Wildman–Crippen LogP) is 1.87. The van der Waals surface area contributed by atoms with Crippen LogP contribution < -0.4 is 5.32 Å². The lowest BCUT2D eigenvalue weighted by Crippen LogP contribution is -2.22. The Labute approximate surface area is 102 Å². The lowest BCUT2D eigenvalue weighted by molar-refractivity contribution is 0.0957. The fourth-order valence-corrected chi connectivity index (χ4v) is 1.87. The Morgan fingerprint density at radius 3 is 3.06 bits per heavy atom. The molecule has 0 unspecified atom stereocenters. The minimum Gasteiger partial charge on any atom is -0.352 e. The first-order valence-electron chi connectivity index (χ1n) is 5.09. The average molecular weight is 254 g/mol. The van der Waals surface area contributed by atoms with Gasteiger partial charge in [0, 0.05) is 12.7 Å². The van der Waals surface area contributed by atoms with Gasteiger partial charge in [0.15, 0.2) is 18.0 Å². The maximum Gasteiger partial charge on any atom is 0.255 e. The molecule has 5 nitrogen and oxygen atoms in total. The van der Waals surface area contributed by atoms with Crippen molar-refractivity contribution < 1.29 is 8.68 Å². The van der Waals surface area contributed by atoms with E-state index in [1.54, 1.807) is 6.92 Å². The molecule has 0 bridgehead atoms. The fourth-order valence-electron chi connectivity index (χ4n) is 1.53. The molecular formula is C10H11FN4OS. The highest BCUT2D eigenvalue weighted by Gasteiger charge is 2.17. The average Bonchev–Trinajstić information content (AvgIpc) is 2.67. The van der Waals surface area contributed by atoms with Crippen LogP contribution in [0.25, 0.3) is 11.2 Å². The zero-order chi connectivity index (χ0) is 12.4. The number of rotatable bonds is 3. The molecule has 0 aromatic carbocycles. The molecule has 1 amide bonds. The summed E-state index contributed by atoms with van der Waals surface area (Å²) < 4.78 is 13.9. The van der Waals surface area contributed by atoms with Crippen LogP contribution in [0.4, 0.5) is 3.89 Å². The van der Waals surface area contributed by atoms with Crippen LogP contribution in [0.1, 0.15) is 23.0 Å². The number of nitrogens with zero attached hydrogens (tertiary/aromatic N) is 3. The topological polar surface area (TPSA) is 59.8 Å². The van der Waals surface area contributed by atoms with Gasteiger partial charge in [0.1, 0.15) is 5.52 Å². The largest absolute Gasteiger partial charge is 0.352 e. The van der Waals surface area contributed by atoms with Gasteiger partial charge >= 0.3 is 0 Å². The third-order valence-electron chi connectivity index (χ3n) is 2.24. The summed E-state index contributed by atoms with van der Waals surface area (Å²) in [6.07, 6.45) is 2.94. The van der Waals surface area contributed by atoms with Crippen LogP contribution in [0, 0.1) is 6.92 Å². The first-order valence-corrected chi connectivity index (χ1v) is 5.76. The summed E-state index contributed by atoms with van der Waals surface area (Å²) in [4.78, 5) is 20.1. The van der Waals surface area contributed by atoms with Crippen molar-refractivity contribution in [3.05, 3.63) is 23.7 Å². The molecule has 0 spiro atoms. The summed E-state index contributed by atoms with van der Waals surface area (Å²) in [6.45, 7) is 4.10. The number of hydrogen-bond acceptors (Lipinski definition) is 4. The van der Waals surface area contributed by atoms with Crippen molar-refractivity contribution in [2.45, 2.75) is 13.8 Å². The number of aromatic nitrogens is 3. The van der Waals surface area contributed by atoms with Gasteiger partial charge in [0.05, 0.1) is 17.5 Å². The van der Waals surface area contributed by atoms with Crippen LogP contribution in [0.15, 0.2) is 12.4 Å². The van der Waals surface area contributed by atoms with E-state index >= 15 is 0 Å². The lowest BCUT2D eigenvalue weighted by Gasteiger charge is -1.99. The highest BCUT2D eigenvalue weighted by Crippen LogP contribution is 2.22. The molecule has 2 aromatic rings. The first-order chi connectivity index (χ1) is 8.17. The molecule has 0 saturated heterocycles. The van der Waals surface area contributed by atoms with E-state index in [2.05, 4.69) is 15.3 Å². The molecule has 1 N–H and O–H groups in total. The molecule has 0 atom stereocenters. The zero-order valence-electron chi connectivity index (χ0n) is 9.40. The summed E-state index contributed by atoms with van der Waals surface area (Å²) >= 11 is -0.00536. The summed E-state index contributed by atoms with van der Waals surface area (Å²) in [5.74, 6) is -0.273. The summed E-state index contributed by atoms with van der Waals surface area (Å²) in [5, 5.41) is 2.66. The number of nitrogens with one attached hydrogen (secondary N) is 1. The summed E-state index contributed by atoms with van der Waals surface area (Å²) in [6, 6.07) is 0. The van der Waals surface area contributed by atoms with E-state index in [9.17, 15) is 8.68 Å². The Morgan fingerprint density at radius 2 is 2.41 bits per heavy atom. The van der Waals surface area contributed by atoms with E-state index in [0.29, 0.717) is 29.0 Å². The molecule has 2 heterocycles. The van der Waals surface area contributed by atoms with Gasteiger partial charge in [-0.1, -0.05) is 0 Å². The van der Waals surface area contributed by atoms with Crippen LogP contribution in [-0.4, -0.2) is 26.4 Å². The Balaban J connectivity index is 2.62. The van der Waals surface area contributed by atoms with Crippen molar-refractivity contribution in [3.8, 4) is 0 Å². The van der Waals surface area contributed by atoms with Crippen LogP contribution in [0.3, 0.4) is 0 Å². The van der Waals surface area contributed by atoms with Crippen molar-refractivity contribution in [2.75, 3.05) is 6.54 Å². The molecule has 2 rings (SSSR count). The van der Waals surface area contributed by atoms with Crippen LogP contribution in [-0.2, 0) is 0 Å². The van der Waals surface area contributed by atoms with Crippen molar-refractivity contribution in [1.29, 1.82) is 0 Å². The summed E-state index contributed by atoms with van der Waals surface area (Å²) in [5.41, 5.74) is 1.79. The Kier molecular flexibility index (Phi) is 3.28. The Morgan fingerprint density at radius 1 is 1.65 bits per heavy atom. The molecule has 0 aliphatic rings. The Bertz CT molecular complexity index is 569. The minimum absolute atomic E-state index is 0.00536. The maximum atomic E-state index is 12.7. The van der Waals surface area contributed by atoms with Crippen LogP contribution in [0.5, 0.6) is 0 Å². The molecule has 0 fully saturated rings. The van der Waals surface area contributed by atoms with Crippen molar-refractivity contribution in [2.24, 2.45) is 0 Å². The highest BCUT2D eigenvalue weighted by molar-refractivity contribution is 7.92. The molecule has 0 aliphatic carbocycles. The van der Waals surface area contributed by atoms with Gasteiger partial charge in [-0.3, -0.25) is 4.79 Å². The molecule has 0 saturated carbocycles. The predicted molar refractivity (Wildman–Crippen MR) is 64.4 cm³/mol. The molecule has 7 heteroatoms. The second kappa shape index (κ2) is 4.70. The van der Waals surface area contributed by atoms with Gasteiger partial charge in [-0.25, -0.2) is 13.9 Å². The normalized spacial score (nSPS) is 10.8. The quantitative estimate of drug-likeness (QED) is 0.908. The van der Waals surface area contributed by atoms with E-state index in [1.165, 1.54) is 16.4 Å². The molecule has 2 aromatic heterocycles. The third kappa shape index (κ3) is 2.10.